The van der Waals surface area contributed by atoms with Gasteiger partial charge in [0.05, 0.1) is 34.3 Å². The van der Waals surface area contributed by atoms with Crippen molar-refractivity contribution in [2.24, 2.45) is 0 Å². The molecule has 0 amide bonds. The van der Waals surface area contributed by atoms with Crippen LogP contribution in [-0.2, 0) is 5.41 Å². The zero-order chi connectivity index (χ0) is 51.3. The van der Waals surface area contributed by atoms with Crippen LogP contribution in [0.25, 0.3) is 82.9 Å². The average molecular weight is 979 g/mol. The zero-order valence-electron chi connectivity index (χ0n) is 42.2. The topological polar surface area (TPSA) is 59.4 Å². The molecule has 76 heavy (non-hydrogen) atoms. The highest BCUT2D eigenvalue weighted by molar-refractivity contribution is 6.13. The van der Waals surface area contributed by atoms with Crippen molar-refractivity contribution in [2.75, 3.05) is 9.80 Å². The van der Waals surface area contributed by atoms with Gasteiger partial charge in [0.15, 0.2) is 17.3 Å². The van der Waals surface area contributed by atoms with Crippen molar-refractivity contribution in [1.29, 1.82) is 0 Å². The molecule has 8 nitrogen and oxygen atoms in total. The van der Waals surface area contributed by atoms with Crippen LogP contribution in [0.5, 0.6) is 0 Å². The summed E-state index contributed by atoms with van der Waals surface area (Å²) in [5.74, 6) is 1.49. The first kappa shape index (κ1) is 45.7. The molecule has 0 bridgehead atoms. The Balaban J connectivity index is 1.11. The number of anilines is 6. The molecule has 0 unspecified atom stereocenters. The maximum absolute atomic E-state index is 8.38. The van der Waals surface area contributed by atoms with Crippen molar-refractivity contribution in [2.45, 2.75) is 26.2 Å². The van der Waals surface area contributed by atoms with Crippen LogP contribution in [0, 0.1) is 6.57 Å². The van der Waals surface area contributed by atoms with Gasteiger partial charge in [-0.2, -0.15) is 9.97 Å². The maximum atomic E-state index is 8.38. The predicted molar refractivity (Wildman–Crippen MR) is 314 cm³/mol. The van der Waals surface area contributed by atoms with Crippen molar-refractivity contribution >= 4 is 83.4 Å². The Bertz CT molecular complexity index is 4070. The number of fused-ring (bicyclic) bond motifs is 6. The van der Waals surface area contributed by atoms with Crippen LogP contribution in [0.4, 0.5) is 39.8 Å². The lowest BCUT2D eigenvalue weighted by Crippen LogP contribution is -2.14. The van der Waals surface area contributed by atoms with E-state index in [1.807, 2.05) is 18.2 Å². The van der Waals surface area contributed by atoms with Gasteiger partial charge >= 0.3 is 0 Å². The van der Waals surface area contributed by atoms with E-state index in [1.165, 1.54) is 0 Å². The molecule has 13 rings (SSSR count). The second kappa shape index (κ2) is 18.7. The number of para-hydroxylation sites is 6. The molecule has 0 aliphatic carbocycles. The Kier molecular flexibility index (Phi) is 11.3. The van der Waals surface area contributed by atoms with Crippen LogP contribution in [0.3, 0.4) is 0 Å². The van der Waals surface area contributed by atoms with Crippen LogP contribution in [-0.4, -0.2) is 24.1 Å². The highest BCUT2D eigenvalue weighted by Gasteiger charge is 2.26. The Hall–Kier alpha value is -10.1. The third kappa shape index (κ3) is 7.99. The zero-order valence-corrected chi connectivity index (χ0v) is 42.2. The number of hydrogen-bond acceptors (Lipinski definition) is 5. The van der Waals surface area contributed by atoms with E-state index in [-0.39, 0.29) is 5.41 Å². The summed E-state index contributed by atoms with van der Waals surface area (Å²) in [6.07, 6.45) is 0. The summed E-state index contributed by atoms with van der Waals surface area (Å²) in [5.41, 5.74) is 14.0. The number of benzene rings is 10. The second-order valence-corrected chi connectivity index (χ2v) is 20.0. The van der Waals surface area contributed by atoms with Gasteiger partial charge in [-0.1, -0.05) is 160 Å². The molecule has 0 radical (unpaired) electrons. The number of rotatable bonds is 10. The minimum Gasteiger partial charge on any atom is -0.310 e. The first-order valence-corrected chi connectivity index (χ1v) is 25.6. The quantitative estimate of drug-likeness (QED) is 0.128. The fourth-order valence-corrected chi connectivity index (χ4v) is 10.9. The monoisotopic (exact) mass is 978 g/mol. The summed E-state index contributed by atoms with van der Waals surface area (Å²) in [4.78, 5) is 25.0. The summed E-state index contributed by atoms with van der Waals surface area (Å²) in [7, 11) is 0. The number of aromatic nitrogens is 5. The minimum absolute atomic E-state index is 0.223. The molecule has 0 spiro atoms. The van der Waals surface area contributed by atoms with Gasteiger partial charge in [0.25, 0.3) is 0 Å². The van der Waals surface area contributed by atoms with Gasteiger partial charge in [-0.15, -0.1) is 0 Å². The molecule has 0 aliphatic heterocycles. The van der Waals surface area contributed by atoms with Crippen molar-refractivity contribution in [3.05, 3.63) is 266 Å². The smallest absolute Gasteiger partial charge is 0.238 e. The van der Waals surface area contributed by atoms with E-state index in [9.17, 15) is 0 Å². The van der Waals surface area contributed by atoms with E-state index in [4.69, 9.17) is 21.5 Å². The Morgan fingerprint density at radius 2 is 0.789 bits per heavy atom. The fourth-order valence-electron chi connectivity index (χ4n) is 10.9. The Labute approximate surface area is 441 Å². The van der Waals surface area contributed by atoms with Crippen molar-refractivity contribution in [1.82, 2.24) is 24.1 Å². The van der Waals surface area contributed by atoms with Crippen LogP contribution >= 0.6 is 0 Å². The molecular weight excluding hydrogens is 929 g/mol. The van der Waals surface area contributed by atoms with Gasteiger partial charge in [-0.05, 0) is 120 Å². The highest BCUT2D eigenvalue weighted by atomic mass is 15.2. The molecule has 13 aromatic rings. The largest absolute Gasteiger partial charge is 0.310 e. The summed E-state index contributed by atoms with van der Waals surface area (Å²) in [6, 6.07) is 86.7. The lowest BCUT2D eigenvalue weighted by atomic mass is 9.83. The Morgan fingerprint density at radius 1 is 0.368 bits per heavy atom. The molecule has 0 aliphatic rings. The summed E-state index contributed by atoms with van der Waals surface area (Å²) in [5, 5.41) is 4.31. The van der Waals surface area contributed by atoms with E-state index in [0.717, 1.165) is 94.6 Å². The maximum Gasteiger partial charge on any atom is 0.238 e. The molecule has 0 N–H and O–H groups in total. The number of nitrogens with zero attached hydrogens (tertiary/aromatic N) is 8. The first-order valence-electron chi connectivity index (χ1n) is 25.6. The van der Waals surface area contributed by atoms with Crippen LogP contribution in [0.15, 0.2) is 249 Å². The molecule has 0 saturated heterocycles. The van der Waals surface area contributed by atoms with E-state index in [1.54, 1.807) is 0 Å². The van der Waals surface area contributed by atoms with Crippen molar-refractivity contribution in [3.8, 4) is 34.4 Å². The van der Waals surface area contributed by atoms with Crippen molar-refractivity contribution < 1.29 is 0 Å². The summed E-state index contributed by atoms with van der Waals surface area (Å²) >= 11 is 0. The molecule has 0 saturated carbocycles. The normalized spacial score (nSPS) is 11.6. The molecule has 10 aromatic carbocycles. The molecule has 362 valence electrons. The number of hydrogen-bond donors (Lipinski definition) is 0. The van der Waals surface area contributed by atoms with Crippen LogP contribution in [0.1, 0.15) is 26.3 Å². The molecule has 3 heterocycles. The van der Waals surface area contributed by atoms with Gasteiger partial charge in [0, 0.05) is 66.8 Å². The lowest BCUT2D eigenvalue weighted by molar-refractivity contribution is 0.591. The second-order valence-electron chi connectivity index (χ2n) is 20.0. The van der Waals surface area contributed by atoms with Crippen molar-refractivity contribution in [3.63, 3.8) is 0 Å². The lowest BCUT2D eigenvalue weighted by Gasteiger charge is -2.26. The van der Waals surface area contributed by atoms with Crippen LogP contribution in [0.2, 0.25) is 0 Å². The van der Waals surface area contributed by atoms with Gasteiger partial charge in [-0.3, -0.25) is 4.57 Å². The summed E-state index contributed by atoms with van der Waals surface area (Å²) in [6.45, 7) is 15.0. The standard InChI is InChI=1S/C68H50N8/c1-68(2,3)59-34-20-17-33-55(59)65-70-66(72-67(71-65)76-60-35-21-18-31-53(60)54-32-19-22-36-61(54)76)58-43-46(69-4)37-40-64(58)75-62-41-38-51(73(47-23-9-5-10-24-47)48-25-11-6-12-26-48)44-56(62)57-45-52(39-42-63(57)75)74(49-27-13-7-14-28-49)50-29-15-8-16-30-50/h5-45H,1-3H3. The van der Waals surface area contributed by atoms with E-state index < -0.39 is 0 Å². The summed E-state index contributed by atoms with van der Waals surface area (Å²) < 4.78 is 4.47. The molecule has 3 aromatic heterocycles. The molecule has 8 heteroatoms. The van der Waals surface area contributed by atoms with E-state index >= 15 is 0 Å². The van der Waals surface area contributed by atoms with E-state index in [2.05, 4.69) is 275 Å². The van der Waals surface area contributed by atoms with Gasteiger partial charge < -0.3 is 14.4 Å². The third-order valence-electron chi connectivity index (χ3n) is 14.3. The SMILES string of the molecule is [C-]#[N+]c1ccc(-n2c3ccc(N(c4ccccc4)c4ccccc4)cc3c3cc(N(c4ccccc4)c4ccccc4)ccc32)c(-c2nc(-c3ccccc3C(C)(C)C)nc(-n3c4ccccc4c4ccccc43)n2)c1. The Morgan fingerprint density at radius 3 is 1.26 bits per heavy atom. The molecule has 0 atom stereocenters. The highest BCUT2D eigenvalue weighted by Crippen LogP contribution is 2.45. The molecular formula is C68H50N8. The van der Waals surface area contributed by atoms with Crippen LogP contribution < -0.4 is 9.80 Å². The van der Waals surface area contributed by atoms with Gasteiger partial charge in [0.2, 0.25) is 5.95 Å². The van der Waals surface area contributed by atoms with Gasteiger partial charge in [-0.25, -0.2) is 9.83 Å². The van der Waals surface area contributed by atoms with Gasteiger partial charge in [0.1, 0.15) is 0 Å². The van der Waals surface area contributed by atoms with E-state index in [0.29, 0.717) is 28.8 Å². The third-order valence-corrected chi connectivity index (χ3v) is 14.3. The average Bonchev–Trinajstić information content (AvgIpc) is 4.08. The fraction of sp³-hybridized carbons (Fsp3) is 0.0588. The predicted octanol–water partition coefficient (Wildman–Crippen LogP) is 18.2. The molecule has 0 fully saturated rings. The first-order chi connectivity index (χ1) is 37.3. The minimum atomic E-state index is -0.223.